The van der Waals surface area contributed by atoms with Crippen LogP contribution in [0.4, 0.5) is 21.9 Å². The van der Waals surface area contributed by atoms with Gasteiger partial charge in [0.25, 0.3) is 0 Å². The maximum Gasteiger partial charge on any atom is 0.323 e. The second-order valence-electron chi connectivity index (χ2n) is 10.4. The number of aliphatic carboxylic acids is 1. The van der Waals surface area contributed by atoms with Crippen molar-refractivity contribution in [1.29, 1.82) is 0 Å². The number of urea groups is 1. The minimum atomic E-state index is -3.02. The average Bonchev–Trinajstić information content (AvgIpc) is 2.82. The number of amides is 2. The predicted octanol–water partition coefficient (Wildman–Crippen LogP) is 5.65. The maximum atomic E-state index is 13.0. The molecule has 0 aliphatic carbocycles. The van der Waals surface area contributed by atoms with Crippen LogP contribution in [0.3, 0.4) is 0 Å². The third-order valence-electron chi connectivity index (χ3n) is 6.80. The number of benzene rings is 2. The Hall–Kier alpha value is -3.07. The number of anilines is 3. The smallest absolute Gasteiger partial charge is 0.323 e. The zero-order valence-corrected chi connectivity index (χ0v) is 23.0. The molecule has 0 aromatic heterocycles. The molecule has 9 heteroatoms. The van der Waals surface area contributed by atoms with E-state index < -0.39 is 21.8 Å². The lowest BCUT2D eigenvalue weighted by atomic mass is 9.92. The van der Waals surface area contributed by atoms with E-state index in [1.807, 2.05) is 56.3 Å². The largest absolute Gasteiger partial charge is 0.481 e. The van der Waals surface area contributed by atoms with Gasteiger partial charge >= 0.3 is 12.0 Å². The van der Waals surface area contributed by atoms with E-state index in [9.17, 15) is 23.1 Å². The molecule has 8 nitrogen and oxygen atoms in total. The summed E-state index contributed by atoms with van der Waals surface area (Å²) in [6.07, 6.45) is 1.71. The van der Waals surface area contributed by atoms with Crippen LogP contribution in [-0.2, 0) is 14.6 Å². The van der Waals surface area contributed by atoms with Crippen molar-refractivity contribution in [2.24, 2.45) is 5.92 Å². The Kier molecular flexibility index (Phi) is 9.59. The van der Waals surface area contributed by atoms with Crippen molar-refractivity contribution in [1.82, 2.24) is 0 Å². The van der Waals surface area contributed by atoms with E-state index in [4.69, 9.17) is 0 Å². The predicted molar refractivity (Wildman–Crippen MR) is 149 cm³/mol. The fourth-order valence-corrected chi connectivity index (χ4v) is 6.28. The lowest BCUT2D eigenvalue weighted by molar-refractivity contribution is -0.137. The highest BCUT2D eigenvalue weighted by Gasteiger charge is 2.30. The van der Waals surface area contributed by atoms with Crippen LogP contribution in [0.15, 0.2) is 42.5 Å². The molecule has 0 saturated carbocycles. The van der Waals surface area contributed by atoms with Crippen molar-refractivity contribution >= 4 is 38.9 Å². The number of hydrogen-bond acceptors (Lipinski definition) is 5. The molecule has 3 N–H and O–H groups in total. The first-order chi connectivity index (χ1) is 17.5. The number of carboxylic acids is 1. The lowest BCUT2D eigenvalue weighted by Gasteiger charge is -2.38. The average molecular weight is 530 g/mol. The highest BCUT2D eigenvalue weighted by molar-refractivity contribution is 7.91. The van der Waals surface area contributed by atoms with Crippen molar-refractivity contribution in [2.45, 2.75) is 65.3 Å². The molecule has 1 heterocycles. The van der Waals surface area contributed by atoms with Crippen molar-refractivity contribution in [3.63, 3.8) is 0 Å². The van der Waals surface area contributed by atoms with Gasteiger partial charge in [0.05, 0.1) is 29.3 Å². The summed E-state index contributed by atoms with van der Waals surface area (Å²) in [4.78, 5) is 26.7. The normalized spacial score (nSPS) is 16.2. The Balaban J connectivity index is 1.98. The van der Waals surface area contributed by atoms with Crippen LogP contribution >= 0.6 is 0 Å². The summed E-state index contributed by atoms with van der Waals surface area (Å²) < 4.78 is 24.2. The van der Waals surface area contributed by atoms with Gasteiger partial charge in [-0.15, -0.1) is 0 Å². The molecule has 1 fully saturated rings. The standard InChI is InChI=1S/C28H39N3O5S/c1-5-21(17-27(32)33)22-8-11-26(31(18-19(2)3)24-12-14-37(35,36)15-13-24)25(16-22)30-28(34)29-23-9-6-20(4)7-10-23/h6-11,16,19,21,24H,5,12-15,17-18H2,1-4H3,(H,32,33)(H2,29,30,34). The number of carbonyl (C=O) groups is 2. The van der Waals surface area contributed by atoms with Gasteiger partial charge in [-0.3, -0.25) is 4.79 Å². The SMILES string of the molecule is CCC(CC(=O)O)c1ccc(N(CC(C)C)C2CCS(=O)(=O)CC2)c(NC(=O)Nc2ccc(C)cc2)c1. The van der Waals surface area contributed by atoms with Crippen LogP contribution < -0.4 is 15.5 Å². The van der Waals surface area contributed by atoms with Gasteiger partial charge in [-0.2, -0.15) is 0 Å². The molecule has 1 atom stereocenters. The molecule has 1 aliphatic rings. The van der Waals surface area contributed by atoms with Crippen molar-refractivity contribution in [3.8, 4) is 0 Å². The third-order valence-corrected chi connectivity index (χ3v) is 8.52. The quantitative estimate of drug-likeness (QED) is 0.366. The monoisotopic (exact) mass is 529 g/mol. The summed E-state index contributed by atoms with van der Waals surface area (Å²) in [5.41, 5.74) is 3.99. The Morgan fingerprint density at radius 3 is 2.27 bits per heavy atom. The minimum absolute atomic E-state index is 0.00103. The highest BCUT2D eigenvalue weighted by Crippen LogP contribution is 2.36. The molecule has 0 bridgehead atoms. The van der Waals surface area contributed by atoms with Crippen LogP contribution in [0, 0.1) is 12.8 Å². The maximum absolute atomic E-state index is 13.0. The van der Waals surface area contributed by atoms with E-state index >= 15 is 0 Å². The van der Waals surface area contributed by atoms with Gasteiger partial charge in [0.1, 0.15) is 9.84 Å². The Morgan fingerprint density at radius 2 is 1.70 bits per heavy atom. The van der Waals surface area contributed by atoms with Gasteiger partial charge in [-0.1, -0.05) is 44.5 Å². The Bertz CT molecular complexity index is 1180. The number of nitrogens with one attached hydrogen (secondary N) is 2. The third kappa shape index (κ3) is 8.21. The van der Waals surface area contributed by atoms with Gasteiger partial charge in [0.2, 0.25) is 0 Å². The first-order valence-electron chi connectivity index (χ1n) is 12.9. The molecule has 1 unspecified atom stereocenters. The van der Waals surface area contributed by atoms with Gasteiger partial charge < -0.3 is 20.6 Å². The molecule has 2 aromatic carbocycles. The summed E-state index contributed by atoms with van der Waals surface area (Å²) >= 11 is 0. The number of aryl methyl sites for hydroxylation is 1. The molecule has 1 aliphatic heterocycles. The number of hydrogen-bond donors (Lipinski definition) is 3. The molecule has 2 amide bonds. The van der Waals surface area contributed by atoms with Gasteiger partial charge in [-0.05, 0) is 67.9 Å². The van der Waals surface area contributed by atoms with Gasteiger partial charge in [0, 0.05) is 18.3 Å². The first-order valence-corrected chi connectivity index (χ1v) is 14.8. The van der Waals surface area contributed by atoms with Crippen molar-refractivity contribution < 1.29 is 23.1 Å². The summed E-state index contributed by atoms with van der Waals surface area (Å²) in [6, 6.07) is 12.9. The van der Waals surface area contributed by atoms with Crippen molar-refractivity contribution in [2.75, 3.05) is 33.6 Å². The summed E-state index contributed by atoms with van der Waals surface area (Å²) in [5.74, 6) is -0.449. The molecule has 37 heavy (non-hydrogen) atoms. The minimum Gasteiger partial charge on any atom is -0.481 e. The van der Waals surface area contributed by atoms with E-state index in [0.29, 0.717) is 43.1 Å². The topological polar surface area (TPSA) is 116 Å². The lowest BCUT2D eigenvalue weighted by Crippen LogP contribution is -2.43. The van der Waals surface area contributed by atoms with Crippen LogP contribution in [0.5, 0.6) is 0 Å². The zero-order chi connectivity index (χ0) is 27.2. The summed E-state index contributed by atoms with van der Waals surface area (Å²) in [6.45, 7) is 8.84. The fourth-order valence-electron chi connectivity index (χ4n) is 4.82. The van der Waals surface area contributed by atoms with Gasteiger partial charge in [0.15, 0.2) is 0 Å². The number of carbonyl (C=O) groups excluding carboxylic acids is 1. The molecule has 0 spiro atoms. The fraction of sp³-hybridized carbons (Fsp3) is 0.500. The number of nitrogens with zero attached hydrogens (tertiary/aromatic N) is 1. The molecule has 0 radical (unpaired) electrons. The molecule has 2 aromatic rings. The Morgan fingerprint density at radius 1 is 1.05 bits per heavy atom. The molecule has 3 rings (SSSR count). The van der Waals surface area contributed by atoms with Gasteiger partial charge in [-0.25, -0.2) is 13.2 Å². The van der Waals surface area contributed by atoms with Crippen molar-refractivity contribution in [3.05, 3.63) is 53.6 Å². The number of rotatable bonds is 10. The first kappa shape index (κ1) is 28.5. The Labute approximate surface area is 220 Å². The van der Waals surface area contributed by atoms with E-state index in [1.165, 1.54) is 0 Å². The van der Waals surface area contributed by atoms with Crippen LogP contribution in [0.2, 0.25) is 0 Å². The molecular formula is C28H39N3O5S. The van der Waals surface area contributed by atoms with Crippen LogP contribution in [0.25, 0.3) is 0 Å². The van der Waals surface area contributed by atoms with Crippen LogP contribution in [-0.4, -0.2) is 49.6 Å². The highest BCUT2D eigenvalue weighted by atomic mass is 32.2. The summed E-state index contributed by atoms with van der Waals surface area (Å²) in [7, 11) is -3.02. The van der Waals surface area contributed by atoms with E-state index in [0.717, 1.165) is 16.8 Å². The van der Waals surface area contributed by atoms with E-state index in [-0.39, 0.29) is 29.9 Å². The summed E-state index contributed by atoms with van der Waals surface area (Å²) in [5, 5.41) is 15.3. The van der Waals surface area contributed by atoms with E-state index in [1.54, 1.807) is 0 Å². The number of sulfone groups is 1. The number of carboxylic acid groups (broad SMARTS) is 1. The second-order valence-corrected chi connectivity index (χ2v) is 12.7. The second kappa shape index (κ2) is 12.4. The van der Waals surface area contributed by atoms with E-state index in [2.05, 4.69) is 29.4 Å². The molecule has 202 valence electrons. The zero-order valence-electron chi connectivity index (χ0n) is 22.2. The van der Waals surface area contributed by atoms with Crippen LogP contribution in [0.1, 0.15) is 63.5 Å². The molecular weight excluding hydrogens is 490 g/mol. The molecule has 1 saturated heterocycles.